The molecule has 3 aromatic rings. The van der Waals surface area contributed by atoms with Gasteiger partial charge >= 0.3 is 0 Å². The number of aromatic nitrogens is 1. The van der Waals surface area contributed by atoms with E-state index in [-0.39, 0.29) is 23.7 Å². The lowest BCUT2D eigenvalue weighted by Gasteiger charge is -2.03. The number of furan rings is 1. The van der Waals surface area contributed by atoms with Crippen molar-refractivity contribution in [2.24, 2.45) is 0 Å². The van der Waals surface area contributed by atoms with Gasteiger partial charge in [0.25, 0.3) is 11.5 Å². The van der Waals surface area contributed by atoms with E-state index in [1.54, 1.807) is 24.4 Å². The number of carbonyl (C=O) groups is 1. The van der Waals surface area contributed by atoms with Crippen LogP contribution in [0.5, 0.6) is 0 Å². The molecule has 0 saturated carbocycles. The molecular formula is C17H13FN2O3. The van der Waals surface area contributed by atoms with Gasteiger partial charge in [0, 0.05) is 18.0 Å². The number of halogens is 1. The van der Waals surface area contributed by atoms with E-state index in [2.05, 4.69) is 5.32 Å². The molecule has 6 heteroatoms. The van der Waals surface area contributed by atoms with E-state index in [0.29, 0.717) is 11.4 Å². The third kappa shape index (κ3) is 3.55. The minimum atomic E-state index is -0.441. The van der Waals surface area contributed by atoms with E-state index in [1.807, 2.05) is 0 Å². The third-order valence-corrected chi connectivity index (χ3v) is 3.21. The van der Waals surface area contributed by atoms with Gasteiger partial charge in [-0.1, -0.05) is 6.07 Å². The Morgan fingerprint density at radius 1 is 1.09 bits per heavy atom. The summed E-state index contributed by atoms with van der Waals surface area (Å²) in [5.41, 5.74) is 0.315. The summed E-state index contributed by atoms with van der Waals surface area (Å²) in [5, 5.41) is 2.61. The van der Waals surface area contributed by atoms with Crippen molar-refractivity contribution in [3.8, 4) is 0 Å². The zero-order valence-corrected chi connectivity index (χ0v) is 12.0. The topological polar surface area (TPSA) is 64.2 Å². The summed E-state index contributed by atoms with van der Waals surface area (Å²) < 4.78 is 19.8. The molecule has 0 fully saturated rings. The molecule has 2 heterocycles. The third-order valence-electron chi connectivity index (χ3n) is 3.21. The molecule has 1 N–H and O–H groups in total. The van der Waals surface area contributed by atoms with Gasteiger partial charge in [0.2, 0.25) is 0 Å². The fourth-order valence-electron chi connectivity index (χ4n) is 2.07. The molecule has 0 bridgehead atoms. The number of hydrogen-bond donors (Lipinski definition) is 1. The van der Waals surface area contributed by atoms with Crippen LogP contribution in [0.25, 0.3) is 0 Å². The second-order valence-corrected chi connectivity index (χ2v) is 4.89. The van der Waals surface area contributed by atoms with Crippen LogP contribution in [0.3, 0.4) is 0 Å². The normalized spacial score (nSPS) is 10.5. The number of rotatable bonds is 4. The van der Waals surface area contributed by atoms with Gasteiger partial charge in [-0.2, -0.15) is 0 Å². The number of nitrogens with zero attached hydrogens (tertiary/aromatic N) is 1. The van der Waals surface area contributed by atoms with E-state index in [0.717, 1.165) is 0 Å². The number of anilines is 1. The molecule has 0 unspecified atom stereocenters. The molecule has 116 valence electrons. The van der Waals surface area contributed by atoms with Gasteiger partial charge in [-0.3, -0.25) is 9.59 Å². The molecule has 0 spiro atoms. The Bertz CT molecular complexity index is 881. The average Bonchev–Trinajstić information content (AvgIpc) is 3.01. The Kier molecular flexibility index (Phi) is 4.05. The summed E-state index contributed by atoms with van der Waals surface area (Å²) in [4.78, 5) is 23.7. The highest BCUT2D eigenvalue weighted by Crippen LogP contribution is 2.13. The van der Waals surface area contributed by atoms with Crippen LogP contribution in [0.15, 0.2) is 70.0 Å². The summed E-state index contributed by atoms with van der Waals surface area (Å²) >= 11 is 0. The van der Waals surface area contributed by atoms with Crippen LogP contribution in [0, 0.1) is 5.82 Å². The van der Waals surface area contributed by atoms with Crippen molar-refractivity contribution in [2.45, 2.75) is 6.54 Å². The fourth-order valence-corrected chi connectivity index (χ4v) is 2.07. The predicted molar refractivity (Wildman–Crippen MR) is 82.9 cm³/mol. The average molecular weight is 312 g/mol. The van der Waals surface area contributed by atoms with Gasteiger partial charge in [-0.15, -0.1) is 0 Å². The first-order valence-corrected chi connectivity index (χ1v) is 6.93. The predicted octanol–water partition coefficient (Wildman–Crippen LogP) is 2.88. The lowest BCUT2D eigenvalue weighted by Crippen LogP contribution is -2.18. The Morgan fingerprint density at radius 2 is 1.87 bits per heavy atom. The van der Waals surface area contributed by atoms with Crippen molar-refractivity contribution < 1.29 is 13.6 Å². The van der Waals surface area contributed by atoms with Crippen LogP contribution in [-0.2, 0) is 6.54 Å². The summed E-state index contributed by atoms with van der Waals surface area (Å²) in [5.74, 6) is -0.212. The number of pyridine rings is 1. The lowest BCUT2D eigenvalue weighted by atomic mass is 10.3. The van der Waals surface area contributed by atoms with Gasteiger partial charge in [-0.25, -0.2) is 4.39 Å². The zero-order chi connectivity index (χ0) is 16.2. The first-order chi connectivity index (χ1) is 11.1. The molecule has 1 amide bonds. The maximum atomic E-state index is 12.8. The summed E-state index contributed by atoms with van der Waals surface area (Å²) in [6.07, 6.45) is 1.64. The minimum absolute atomic E-state index is 0.119. The van der Waals surface area contributed by atoms with E-state index < -0.39 is 5.91 Å². The molecular weight excluding hydrogens is 299 g/mol. The van der Waals surface area contributed by atoms with Crippen molar-refractivity contribution in [3.63, 3.8) is 0 Å². The van der Waals surface area contributed by atoms with E-state index in [1.165, 1.54) is 41.0 Å². The largest absolute Gasteiger partial charge is 0.454 e. The molecule has 3 rings (SSSR count). The highest BCUT2D eigenvalue weighted by atomic mass is 19.1. The van der Waals surface area contributed by atoms with E-state index in [4.69, 9.17) is 4.42 Å². The highest BCUT2D eigenvalue weighted by molar-refractivity contribution is 6.02. The van der Waals surface area contributed by atoms with E-state index in [9.17, 15) is 14.0 Å². The minimum Gasteiger partial charge on any atom is -0.454 e. The van der Waals surface area contributed by atoms with Crippen molar-refractivity contribution in [1.82, 2.24) is 4.57 Å². The Balaban J connectivity index is 1.71. The number of hydrogen-bond acceptors (Lipinski definition) is 3. The molecule has 0 atom stereocenters. The second-order valence-electron chi connectivity index (χ2n) is 4.89. The van der Waals surface area contributed by atoms with Crippen molar-refractivity contribution in [3.05, 3.63) is 88.5 Å². The maximum absolute atomic E-state index is 12.8. The van der Waals surface area contributed by atoms with Crippen molar-refractivity contribution in [2.75, 3.05) is 5.32 Å². The van der Waals surface area contributed by atoms with Crippen molar-refractivity contribution >= 4 is 11.6 Å². The molecule has 0 aliphatic rings. The molecule has 2 aromatic heterocycles. The van der Waals surface area contributed by atoms with Crippen LogP contribution in [-0.4, -0.2) is 10.5 Å². The van der Waals surface area contributed by atoms with E-state index >= 15 is 0 Å². The maximum Gasteiger partial charge on any atom is 0.291 e. The number of benzene rings is 1. The van der Waals surface area contributed by atoms with Crippen molar-refractivity contribution in [1.29, 1.82) is 0 Å². The second kappa shape index (κ2) is 6.31. The van der Waals surface area contributed by atoms with Crippen LogP contribution in [0.2, 0.25) is 0 Å². The Morgan fingerprint density at radius 3 is 2.61 bits per heavy atom. The van der Waals surface area contributed by atoms with Gasteiger partial charge in [-0.05, 0) is 42.5 Å². The monoisotopic (exact) mass is 312 g/mol. The van der Waals surface area contributed by atoms with Gasteiger partial charge in [0.1, 0.15) is 11.6 Å². The first-order valence-electron chi connectivity index (χ1n) is 6.93. The summed E-state index contributed by atoms with van der Waals surface area (Å²) in [6, 6.07) is 13.4. The van der Waals surface area contributed by atoms with Crippen LogP contribution in [0.1, 0.15) is 16.3 Å². The molecule has 0 aliphatic heterocycles. The van der Waals surface area contributed by atoms with Gasteiger partial charge < -0.3 is 14.3 Å². The smallest absolute Gasteiger partial charge is 0.291 e. The van der Waals surface area contributed by atoms with Gasteiger partial charge in [0.05, 0.1) is 6.54 Å². The first kappa shape index (κ1) is 14.8. The van der Waals surface area contributed by atoms with Crippen LogP contribution < -0.4 is 10.9 Å². The molecule has 0 radical (unpaired) electrons. The molecule has 0 saturated heterocycles. The highest BCUT2D eigenvalue weighted by Gasteiger charge is 2.12. The van der Waals surface area contributed by atoms with Gasteiger partial charge in [0.15, 0.2) is 5.76 Å². The summed E-state index contributed by atoms with van der Waals surface area (Å²) in [7, 11) is 0. The zero-order valence-electron chi connectivity index (χ0n) is 12.0. The quantitative estimate of drug-likeness (QED) is 0.805. The molecule has 0 aliphatic carbocycles. The number of carbonyl (C=O) groups excluding carboxylic acids is 1. The SMILES string of the molecule is O=C(Nc1ccc(F)cc1)c1ccc(Cn2ccccc2=O)o1. The number of nitrogens with one attached hydrogen (secondary N) is 1. The lowest BCUT2D eigenvalue weighted by molar-refractivity contribution is 0.0994. The van der Waals surface area contributed by atoms with Crippen LogP contribution in [0.4, 0.5) is 10.1 Å². The Hall–Kier alpha value is -3.15. The summed E-state index contributed by atoms with van der Waals surface area (Å²) in [6.45, 7) is 0.240. The number of amides is 1. The molecule has 5 nitrogen and oxygen atoms in total. The molecule has 23 heavy (non-hydrogen) atoms. The standard InChI is InChI=1S/C17H13FN2O3/c18-12-4-6-13(7-5-12)19-17(22)15-9-8-14(23-15)11-20-10-2-1-3-16(20)21/h1-10H,11H2,(H,19,22). The van der Waals surface area contributed by atoms with Crippen LogP contribution >= 0.6 is 0 Å². The molecule has 1 aromatic carbocycles. The Labute approximate surface area is 131 Å². The fraction of sp³-hybridized carbons (Fsp3) is 0.0588.